The zero-order valence-electron chi connectivity index (χ0n) is 6.78. The second kappa shape index (κ2) is 2.58. The Bertz CT molecular complexity index is 411. The molecule has 0 bridgehead atoms. The van der Waals surface area contributed by atoms with Gasteiger partial charge in [0, 0.05) is 0 Å². The summed E-state index contributed by atoms with van der Waals surface area (Å²) in [5.74, 6) is 0.0940. The fourth-order valence-corrected chi connectivity index (χ4v) is 1.38. The molecule has 0 unspecified atom stereocenters. The first-order chi connectivity index (χ1) is 6.20. The van der Waals surface area contributed by atoms with E-state index in [4.69, 9.17) is 5.73 Å². The van der Waals surface area contributed by atoms with Crippen molar-refractivity contribution in [3.8, 4) is 0 Å². The highest BCUT2D eigenvalue weighted by Crippen LogP contribution is 2.15. The Morgan fingerprint density at radius 3 is 3.00 bits per heavy atom. The quantitative estimate of drug-likeness (QED) is 0.532. The highest BCUT2D eigenvalue weighted by molar-refractivity contribution is 5.50. The number of rotatable bonds is 1. The highest BCUT2D eigenvalue weighted by atomic mass is 16.1. The van der Waals surface area contributed by atoms with Crippen LogP contribution in [-0.2, 0) is 17.9 Å². The van der Waals surface area contributed by atoms with Crippen LogP contribution in [-0.4, -0.2) is 21.3 Å². The van der Waals surface area contributed by atoms with Gasteiger partial charge in [0.1, 0.15) is 0 Å². The SMILES string of the molecule is Nc1nc2c(c(=O)[nH]1)CN(C=O)C2. The molecule has 6 nitrogen and oxygen atoms in total. The summed E-state index contributed by atoms with van der Waals surface area (Å²) < 4.78 is 0. The molecular formula is C7H8N4O2. The summed E-state index contributed by atoms with van der Waals surface area (Å²) in [6.45, 7) is 0.689. The van der Waals surface area contributed by atoms with Crippen LogP contribution in [0.5, 0.6) is 0 Å². The fraction of sp³-hybridized carbons (Fsp3) is 0.286. The monoisotopic (exact) mass is 180 g/mol. The van der Waals surface area contributed by atoms with Crippen LogP contribution in [0.3, 0.4) is 0 Å². The van der Waals surface area contributed by atoms with E-state index in [1.54, 1.807) is 0 Å². The average molecular weight is 180 g/mol. The summed E-state index contributed by atoms with van der Waals surface area (Å²) in [6, 6.07) is 0. The van der Waals surface area contributed by atoms with Crippen LogP contribution in [0.25, 0.3) is 0 Å². The molecule has 1 aliphatic heterocycles. The van der Waals surface area contributed by atoms with Crippen LogP contribution in [0.15, 0.2) is 4.79 Å². The number of hydrogen-bond acceptors (Lipinski definition) is 4. The highest BCUT2D eigenvalue weighted by Gasteiger charge is 2.21. The molecule has 0 aliphatic carbocycles. The van der Waals surface area contributed by atoms with Gasteiger partial charge in [-0.3, -0.25) is 14.6 Å². The lowest BCUT2D eigenvalue weighted by Crippen LogP contribution is -2.17. The summed E-state index contributed by atoms with van der Waals surface area (Å²) in [6.07, 6.45) is 0.692. The number of carbonyl (C=O) groups excluding carboxylic acids is 1. The number of anilines is 1. The Morgan fingerprint density at radius 1 is 1.54 bits per heavy atom. The molecule has 0 saturated heterocycles. The first-order valence-corrected chi connectivity index (χ1v) is 3.77. The molecule has 3 N–H and O–H groups in total. The number of nitrogens with two attached hydrogens (primary N) is 1. The van der Waals surface area contributed by atoms with E-state index in [0.29, 0.717) is 30.8 Å². The average Bonchev–Trinajstić information content (AvgIpc) is 2.47. The number of carbonyl (C=O) groups is 1. The van der Waals surface area contributed by atoms with Crippen LogP contribution < -0.4 is 11.3 Å². The van der Waals surface area contributed by atoms with E-state index in [1.165, 1.54) is 4.90 Å². The Morgan fingerprint density at radius 2 is 2.31 bits per heavy atom. The van der Waals surface area contributed by atoms with E-state index < -0.39 is 0 Å². The van der Waals surface area contributed by atoms with Crippen LogP contribution in [0, 0.1) is 0 Å². The molecule has 0 fully saturated rings. The van der Waals surface area contributed by atoms with Crippen molar-refractivity contribution in [2.45, 2.75) is 13.1 Å². The third kappa shape index (κ3) is 1.16. The molecule has 1 aromatic heterocycles. The molecule has 0 aromatic carbocycles. The van der Waals surface area contributed by atoms with Crippen molar-refractivity contribution in [3.63, 3.8) is 0 Å². The Balaban J connectivity index is 2.51. The molecule has 13 heavy (non-hydrogen) atoms. The van der Waals surface area contributed by atoms with E-state index in [1.807, 2.05) is 0 Å². The van der Waals surface area contributed by atoms with Crippen molar-refractivity contribution in [2.75, 3.05) is 5.73 Å². The van der Waals surface area contributed by atoms with Gasteiger partial charge in [0.05, 0.1) is 24.3 Å². The van der Waals surface area contributed by atoms with Crippen molar-refractivity contribution in [1.29, 1.82) is 0 Å². The third-order valence-corrected chi connectivity index (χ3v) is 1.98. The first-order valence-electron chi connectivity index (χ1n) is 3.77. The number of nitrogen functional groups attached to an aromatic ring is 1. The largest absolute Gasteiger partial charge is 0.369 e. The minimum atomic E-state index is -0.258. The van der Waals surface area contributed by atoms with Crippen molar-refractivity contribution in [1.82, 2.24) is 14.9 Å². The zero-order valence-corrected chi connectivity index (χ0v) is 6.78. The maximum Gasteiger partial charge on any atom is 0.257 e. The van der Waals surface area contributed by atoms with E-state index in [2.05, 4.69) is 9.97 Å². The fourth-order valence-electron chi connectivity index (χ4n) is 1.38. The van der Waals surface area contributed by atoms with Crippen molar-refractivity contribution in [3.05, 3.63) is 21.6 Å². The molecule has 0 saturated carbocycles. The van der Waals surface area contributed by atoms with Gasteiger partial charge in [-0.15, -0.1) is 0 Å². The molecule has 2 heterocycles. The van der Waals surface area contributed by atoms with E-state index in [9.17, 15) is 9.59 Å². The molecule has 68 valence electrons. The number of nitrogens with zero attached hydrogens (tertiary/aromatic N) is 2. The second-order valence-corrected chi connectivity index (χ2v) is 2.89. The molecule has 0 atom stereocenters. The summed E-state index contributed by atoms with van der Waals surface area (Å²) in [5.41, 5.74) is 6.21. The van der Waals surface area contributed by atoms with Gasteiger partial charge in [-0.05, 0) is 0 Å². The van der Waals surface area contributed by atoms with E-state index in [-0.39, 0.29) is 11.5 Å². The molecule has 1 aliphatic rings. The van der Waals surface area contributed by atoms with Crippen molar-refractivity contribution in [2.24, 2.45) is 0 Å². The summed E-state index contributed by atoms with van der Waals surface area (Å²) in [4.78, 5) is 29.5. The van der Waals surface area contributed by atoms with Crippen LogP contribution >= 0.6 is 0 Å². The van der Waals surface area contributed by atoms with Crippen molar-refractivity contribution < 1.29 is 4.79 Å². The van der Waals surface area contributed by atoms with Gasteiger partial charge in [-0.25, -0.2) is 4.98 Å². The molecule has 6 heteroatoms. The van der Waals surface area contributed by atoms with Gasteiger partial charge in [0.25, 0.3) is 5.56 Å². The van der Waals surface area contributed by atoms with Crippen LogP contribution in [0.4, 0.5) is 5.95 Å². The lowest BCUT2D eigenvalue weighted by atomic mass is 10.3. The standard InChI is InChI=1S/C7H8N4O2/c8-7-9-5-2-11(3-12)1-4(5)6(13)10-7/h3H,1-2H2,(H3,8,9,10,13). The zero-order chi connectivity index (χ0) is 9.42. The predicted molar refractivity (Wildman–Crippen MR) is 44.6 cm³/mol. The number of hydrogen-bond donors (Lipinski definition) is 2. The van der Waals surface area contributed by atoms with Gasteiger partial charge >= 0.3 is 0 Å². The maximum atomic E-state index is 11.3. The normalized spacial score (nSPS) is 14.3. The Hall–Kier alpha value is -1.85. The summed E-state index contributed by atoms with van der Waals surface area (Å²) in [7, 11) is 0. The summed E-state index contributed by atoms with van der Waals surface area (Å²) >= 11 is 0. The predicted octanol–water partition coefficient (Wildman–Crippen LogP) is -1.18. The number of aromatic amines is 1. The smallest absolute Gasteiger partial charge is 0.257 e. The van der Waals surface area contributed by atoms with E-state index in [0.717, 1.165) is 0 Å². The number of amides is 1. The Kier molecular flexibility index (Phi) is 1.54. The number of H-pyrrole nitrogens is 1. The van der Waals surface area contributed by atoms with Gasteiger partial charge < -0.3 is 10.6 Å². The Labute approximate surface area is 73.4 Å². The topological polar surface area (TPSA) is 92.1 Å². The maximum absolute atomic E-state index is 11.3. The number of fused-ring (bicyclic) bond motifs is 1. The molecule has 1 aromatic rings. The lowest BCUT2D eigenvalue weighted by Gasteiger charge is -2.03. The van der Waals surface area contributed by atoms with Gasteiger partial charge in [-0.2, -0.15) is 0 Å². The molecule has 2 rings (SSSR count). The minimum absolute atomic E-state index is 0.0940. The van der Waals surface area contributed by atoms with Crippen LogP contribution in [0.2, 0.25) is 0 Å². The lowest BCUT2D eigenvalue weighted by molar-refractivity contribution is -0.118. The van der Waals surface area contributed by atoms with Crippen molar-refractivity contribution >= 4 is 12.4 Å². The molecular weight excluding hydrogens is 172 g/mol. The third-order valence-electron chi connectivity index (χ3n) is 1.98. The van der Waals surface area contributed by atoms with Crippen LogP contribution in [0.1, 0.15) is 11.3 Å². The minimum Gasteiger partial charge on any atom is -0.369 e. The second-order valence-electron chi connectivity index (χ2n) is 2.89. The van der Waals surface area contributed by atoms with E-state index >= 15 is 0 Å². The van der Waals surface area contributed by atoms with Gasteiger partial charge in [0.2, 0.25) is 12.4 Å². The number of aromatic nitrogens is 2. The van der Waals surface area contributed by atoms with Gasteiger partial charge in [-0.1, -0.05) is 0 Å². The first kappa shape index (κ1) is 7.78. The molecule has 0 spiro atoms. The summed E-state index contributed by atoms with van der Waals surface area (Å²) in [5, 5.41) is 0. The number of nitrogens with one attached hydrogen (secondary N) is 1. The van der Waals surface area contributed by atoms with Gasteiger partial charge in [0.15, 0.2) is 0 Å². The molecule has 0 radical (unpaired) electrons. The molecule has 1 amide bonds.